The van der Waals surface area contributed by atoms with Crippen LogP contribution in [0.4, 0.5) is 0 Å². The zero-order valence-electron chi connectivity index (χ0n) is 2.37. The van der Waals surface area contributed by atoms with Crippen LogP contribution in [0.1, 0.15) is 0 Å². The van der Waals surface area contributed by atoms with Crippen LogP contribution in [0.15, 0.2) is 0 Å². The molecule has 0 bridgehead atoms. The van der Waals surface area contributed by atoms with Gasteiger partial charge in [-0.25, -0.2) is 0 Å². The summed E-state index contributed by atoms with van der Waals surface area (Å²) in [5.74, 6) is 0. The molecule has 0 aliphatic carbocycles. The molecule has 0 spiro atoms. The van der Waals surface area contributed by atoms with Crippen LogP contribution in [-0.4, -0.2) is 26.2 Å². The Hall–Kier alpha value is 2.70. The molecule has 0 saturated heterocycles. The maximum atomic E-state index is 0. The Morgan fingerprint density at radius 2 is 0.667 bits per heavy atom. The van der Waals surface area contributed by atoms with E-state index in [0.717, 1.165) is 0 Å². The van der Waals surface area contributed by atoms with Crippen LogP contribution in [0.3, 0.4) is 0 Å². The topological polar surface area (TPSA) is 85.5 Å². The van der Waals surface area contributed by atoms with Gasteiger partial charge in [0.2, 0.25) is 0 Å². The minimum absolute atomic E-state index is 0. The molecule has 3 radical (unpaired) electrons. The van der Waals surface area contributed by atoms with Gasteiger partial charge in [0.25, 0.3) is 0 Å². The van der Waals surface area contributed by atoms with Gasteiger partial charge in [0.1, 0.15) is 0 Å². The van der Waals surface area contributed by atoms with Gasteiger partial charge >= 0.3 is 0 Å². The molecule has 0 unspecified atom stereocenters. The normalized spacial score (nSPS) is 0. The summed E-state index contributed by atoms with van der Waals surface area (Å²) in [5, 5.41) is 0. The fraction of sp³-hybridized carbons (Fsp3) is 0. The van der Waals surface area contributed by atoms with Gasteiger partial charge in [-0.2, -0.15) is 0 Å². The van der Waals surface area contributed by atoms with Crippen molar-refractivity contribution in [3.8, 4) is 0 Å². The van der Waals surface area contributed by atoms with E-state index in [1.807, 2.05) is 0 Å². The second kappa shape index (κ2) is 47.4. The van der Waals surface area contributed by atoms with E-state index in [-0.39, 0.29) is 101 Å². The van der Waals surface area contributed by atoms with Crippen molar-refractivity contribution in [2.45, 2.75) is 0 Å². The number of hydrogen-bond acceptors (Lipinski definition) is 0. The summed E-state index contributed by atoms with van der Waals surface area (Å²) in [7, 11) is 0. The second-order valence-corrected chi connectivity index (χ2v) is 0. The van der Waals surface area contributed by atoms with E-state index < -0.39 is 0 Å². The van der Waals surface area contributed by atoms with Crippen molar-refractivity contribution in [3.63, 3.8) is 0 Å². The summed E-state index contributed by atoms with van der Waals surface area (Å²) in [5.41, 5.74) is 0. The fourth-order valence-corrected chi connectivity index (χ4v) is 0. The Kier molecular flexibility index (Phi) is 560. The van der Waals surface area contributed by atoms with E-state index in [1.54, 1.807) is 0 Å². The Morgan fingerprint density at radius 1 is 0.667 bits per heavy atom. The smallest absolute Gasteiger partial charge is 0 e. The van der Waals surface area contributed by atoms with Crippen molar-refractivity contribution in [3.05, 3.63) is 0 Å². The van der Waals surface area contributed by atoms with Crippen LogP contribution in [0.2, 0.25) is 0 Å². The van der Waals surface area contributed by atoms with E-state index in [9.17, 15) is 0 Å². The average Bonchev–Trinajstić information content (AvgIpc) is 0. The predicted molar refractivity (Wildman–Crippen MR) is 7.81 cm³/mol. The van der Waals surface area contributed by atoms with Gasteiger partial charge in [-0.3, -0.25) is 0 Å². The average molecular weight is 608 g/mol. The van der Waals surface area contributed by atoms with Crippen molar-refractivity contribution < 1.29 is 74.8 Å². The van der Waals surface area contributed by atoms with Gasteiger partial charge in [0.15, 0.2) is 0 Å². The van der Waals surface area contributed by atoms with Crippen molar-refractivity contribution in [2.75, 3.05) is 0 Å². The first-order chi connectivity index (χ1) is 0. The third-order valence-corrected chi connectivity index (χ3v) is 0. The molecule has 0 fully saturated rings. The van der Waals surface area contributed by atoms with E-state index in [0.29, 0.717) is 0 Å². The zero-order valence-corrected chi connectivity index (χ0v) is 10.6. The van der Waals surface area contributed by atoms with Crippen LogP contribution in [0, 0.1) is 37.3 Å². The molecule has 6 heteroatoms. The van der Waals surface area contributed by atoms with Gasteiger partial charge in [0.05, 0.1) is 0 Å². The summed E-state index contributed by atoms with van der Waals surface area (Å²) in [6, 6.07) is 0. The van der Waals surface area contributed by atoms with Crippen LogP contribution in [-0.2, 0) is 37.5 Å². The monoisotopic (exact) mass is 607 g/mol. The van der Waals surface area contributed by atoms with E-state index in [2.05, 4.69) is 0 Å². The Bertz CT molecular complexity index is 10.8. The maximum absolute atomic E-state index is 0. The summed E-state index contributed by atoms with van der Waals surface area (Å²) >= 11 is 0. The van der Waals surface area contributed by atoms with Gasteiger partial charge in [-0.15, -0.1) is 0 Å². The Morgan fingerprint density at radius 3 is 0.667 bits per heavy atom. The quantitative estimate of drug-likeness (QED) is 0.325. The van der Waals surface area contributed by atoms with Crippen molar-refractivity contribution in [1.82, 2.24) is 0 Å². The van der Waals surface area contributed by atoms with Crippen LogP contribution < -0.4 is 0 Å². The first kappa shape index (κ1) is 70.8. The van der Waals surface area contributed by atoms with Crippen molar-refractivity contribution >= 4 is 26.2 Å². The Labute approximate surface area is 99.2 Å². The molecule has 6 heavy (non-hydrogen) atoms. The first-order valence-corrected chi connectivity index (χ1v) is 0. The molecular formula is BiErO3W-6. The van der Waals surface area contributed by atoms with Crippen LogP contribution in [0.5, 0.6) is 0 Å². The van der Waals surface area contributed by atoms with E-state index >= 15 is 0 Å². The fourth-order valence-electron chi connectivity index (χ4n) is 0. The molecule has 0 rings (SSSR count). The molecule has 0 amide bonds. The number of rotatable bonds is 0. The molecule has 0 saturated carbocycles. The molecule has 0 atom stereocenters. The van der Waals surface area contributed by atoms with Crippen LogP contribution in [0.25, 0.3) is 0 Å². The maximum Gasteiger partial charge on any atom is 0 e. The van der Waals surface area contributed by atoms with Gasteiger partial charge in [0, 0.05) is 84.6 Å². The Balaban J connectivity index is 0. The summed E-state index contributed by atoms with van der Waals surface area (Å²) in [6.45, 7) is 0. The zero-order chi connectivity index (χ0) is 0. The van der Waals surface area contributed by atoms with E-state index in [4.69, 9.17) is 0 Å². The summed E-state index contributed by atoms with van der Waals surface area (Å²) in [4.78, 5) is 0. The summed E-state index contributed by atoms with van der Waals surface area (Å²) < 4.78 is 0. The third-order valence-electron chi connectivity index (χ3n) is 0. The van der Waals surface area contributed by atoms with Crippen molar-refractivity contribution in [1.29, 1.82) is 0 Å². The summed E-state index contributed by atoms with van der Waals surface area (Å²) in [6.07, 6.45) is 0. The van der Waals surface area contributed by atoms with Crippen LogP contribution >= 0.6 is 0 Å². The molecule has 0 aromatic rings. The largest absolute Gasteiger partial charge is 2.00 e. The molecule has 0 N–H and O–H groups in total. The molecule has 0 aliphatic rings. The minimum atomic E-state index is 0. The SMILES string of the molecule is [Bi].[Er].[O-2].[O-2].[O-2].[W]. The molecule has 0 aromatic carbocycles. The number of hydrogen-bond donors (Lipinski definition) is 0. The predicted octanol–water partition coefficient (Wildman–Crippen LogP) is -0.740. The molecule has 47 valence electrons. The minimum Gasteiger partial charge on any atom is -2.00 e. The van der Waals surface area contributed by atoms with Gasteiger partial charge < -0.3 is 16.4 Å². The first-order valence-electron chi connectivity index (χ1n) is 0. The molecule has 0 aromatic heterocycles. The van der Waals surface area contributed by atoms with Gasteiger partial charge in [-0.05, 0) is 0 Å². The molecule has 0 aliphatic heterocycles. The molecule has 3 nitrogen and oxygen atoms in total. The second-order valence-electron chi connectivity index (χ2n) is 0. The standard InChI is InChI=1S/Bi.Er.3O.W/q;;3*-2;. The third kappa shape index (κ3) is 29.9. The molecular weight excluding hydrogens is 608 g/mol. The molecule has 0 heterocycles. The van der Waals surface area contributed by atoms with Crippen molar-refractivity contribution in [2.24, 2.45) is 0 Å². The van der Waals surface area contributed by atoms with E-state index in [1.165, 1.54) is 0 Å². The van der Waals surface area contributed by atoms with Gasteiger partial charge in [-0.1, -0.05) is 0 Å².